The van der Waals surface area contributed by atoms with Gasteiger partial charge in [0.2, 0.25) is 10.0 Å². The van der Waals surface area contributed by atoms with Crippen LogP contribution in [0.15, 0.2) is 55.1 Å². The van der Waals surface area contributed by atoms with Crippen molar-refractivity contribution in [2.45, 2.75) is 32.1 Å². The van der Waals surface area contributed by atoms with Crippen molar-refractivity contribution in [2.75, 3.05) is 11.0 Å². The molecule has 33 heavy (non-hydrogen) atoms. The van der Waals surface area contributed by atoms with Crippen molar-refractivity contribution < 1.29 is 18.3 Å². The Hall–Kier alpha value is -3.53. The van der Waals surface area contributed by atoms with E-state index >= 15 is 0 Å². The van der Waals surface area contributed by atoms with Crippen LogP contribution in [0.5, 0.6) is 0 Å². The predicted molar refractivity (Wildman–Crippen MR) is 127 cm³/mol. The molecular formula is C23H27N5O4S. The van der Waals surface area contributed by atoms with E-state index in [4.69, 9.17) is 0 Å². The summed E-state index contributed by atoms with van der Waals surface area (Å²) >= 11 is 0. The molecule has 2 aromatic carbocycles. The maximum absolute atomic E-state index is 12.2. The van der Waals surface area contributed by atoms with Gasteiger partial charge in [-0.3, -0.25) is 9.52 Å². The van der Waals surface area contributed by atoms with Gasteiger partial charge < -0.3 is 5.11 Å². The Morgan fingerprint density at radius 3 is 2.45 bits per heavy atom. The second-order valence-corrected chi connectivity index (χ2v) is 9.61. The Kier molecular flexibility index (Phi) is 7.59. The van der Waals surface area contributed by atoms with Crippen molar-refractivity contribution in [1.82, 2.24) is 20.6 Å². The molecule has 3 N–H and O–H groups in total. The van der Waals surface area contributed by atoms with Gasteiger partial charge in [0.15, 0.2) is 5.82 Å². The van der Waals surface area contributed by atoms with Crippen LogP contribution in [0.2, 0.25) is 0 Å². The summed E-state index contributed by atoms with van der Waals surface area (Å²) in [5, 5.41) is 24.2. The highest BCUT2D eigenvalue weighted by Gasteiger charge is 2.35. The molecule has 2 unspecified atom stereocenters. The number of H-pyrrole nitrogens is 1. The molecule has 0 amide bonds. The molecule has 174 valence electrons. The number of tetrazole rings is 1. The Morgan fingerprint density at radius 1 is 1.18 bits per heavy atom. The summed E-state index contributed by atoms with van der Waals surface area (Å²) in [6.45, 7) is 6.28. The number of rotatable bonds is 11. The average molecular weight is 470 g/mol. The lowest BCUT2D eigenvalue weighted by Gasteiger charge is -2.25. The van der Waals surface area contributed by atoms with Crippen molar-refractivity contribution in [3.8, 4) is 11.1 Å². The Bertz CT molecular complexity index is 1210. The zero-order valence-electron chi connectivity index (χ0n) is 18.5. The van der Waals surface area contributed by atoms with Crippen molar-refractivity contribution in [3.63, 3.8) is 0 Å². The number of sulfonamides is 1. The first-order valence-corrected chi connectivity index (χ1v) is 12.4. The van der Waals surface area contributed by atoms with E-state index in [2.05, 4.69) is 31.9 Å². The number of nitrogens with zero attached hydrogens (tertiary/aromatic N) is 3. The molecule has 0 bridgehead atoms. The number of allylic oxidation sites excluding steroid dienone is 1. The molecule has 0 aliphatic heterocycles. The van der Waals surface area contributed by atoms with Crippen LogP contribution in [-0.4, -0.2) is 46.4 Å². The fraction of sp³-hybridized carbons (Fsp3) is 0.304. The largest absolute Gasteiger partial charge is 0.481 e. The van der Waals surface area contributed by atoms with E-state index in [0.717, 1.165) is 35.8 Å². The number of carbonyl (C=O) groups is 1. The number of hydrogen-bond acceptors (Lipinski definition) is 6. The van der Waals surface area contributed by atoms with E-state index in [1.54, 1.807) is 24.3 Å². The topological polar surface area (TPSA) is 138 Å². The molecule has 1 heterocycles. The summed E-state index contributed by atoms with van der Waals surface area (Å²) in [7, 11) is -3.38. The Morgan fingerprint density at radius 2 is 1.88 bits per heavy atom. The zero-order valence-corrected chi connectivity index (χ0v) is 19.3. The number of carboxylic acid groups (broad SMARTS) is 1. The highest BCUT2D eigenvalue weighted by Crippen LogP contribution is 2.41. The highest BCUT2D eigenvalue weighted by atomic mass is 32.2. The minimum absolute atomic E-state index is 0.283. The first kappa shape index (κ1) is 24.1. The summed E-state index contributed by atoms with van der Waals surface area (Å²) in [4.78, 5) is 12.2. The normalized spacial score (nSPS) is 13.3. The fourth-order valence-corrected chi connectivity index (χ4v) is 4.42. The van der Waals surface area contributed by atoms with E-state index in [1.165, 1.54) is 0 Å². The Balaban J connectivity index is 2.03. The quantitative estimate of drug-likeness (QED) is 0.387. The van der Waals surface area contributed by atoms with E-state index in [0.29, 0.717) is 17.7 Å². The minimum Gasteiger partial charge on any atom is -0.481 e. The number of aromatic amines is 1. The van der Waals surface area contributed by atoms with Crippen LogP contribution >= 0.6 is 0 Å². The predicted octanol–water partition coefficient (Wildman–Crippen LogP) is 3.93. The van der Waals surface area contributed by atoms with Gasteiger partial charge in [-0.05, 0) is 40.8 Å². The van der Waals surface area contributed by atoms with Gasteiger partial charge in [-0.25, -0.2) is 8.42 Å². The molecule has 0 spiro atoms. The number of benzene rings is 2. The van der Waals surface area contributed by atoms with Crippen molar-refractivity contribution in [1.29, 1.82) is 0 Å². The SMILES string of the molecule is C=C(c1ccccc1-c1ccc(NS(C)(=O)=O)cc1)C(c1nn[nH]n1)C(CCCC)C(=O)O. The third-order valence-electron chi connectivity index (χ3n) is 5.38. The molecule has 10 heteroatoms. The van der Waals surface area contributed by atoms with Crippen LogP contribution in [0, 0.1) is 5.92 Å². The monoisotopic (exact) mass is 469 g/mol. The summed E-state index contributed by atoms with van der Waals surface area (Å²) in [6.07, 6.45) is 3.16. The number of carboxylic acids is 1. The lowest BCUT2D eigenvalue weighted by Crippen LogP contribution is -2.24. The van der Waals surface area contributed by atoms with Gasteiger partial charge in [0.05, 0.1) is 18.1 Å². The second-order valence-electron chi connectivity index (χ2n) is 7.86. The van der Waals surface area contributed by atoms with Gasteiger partial charge in [-0.2, -0.15) is 5.21 Å². The molecule has 0 aliphatic rings. The number of hydrogen-bond donors (Lipinski definition) is 3. The van der Waals surface area contributed by atoms with Gasteiger partial charge in [-0.15, -0.1) is 10.2 Å². The lowest BCUT2D eigenvalue weighted by molar-refractivity contribution is -0.142. The minimum atomic E-state index is -3.38. The van der Waals surface area contributed by atoms with Gasteiger partial charge in [0, 0.05) is 5.69 Å². The first-order chi connectivity index (χ1) is 15.7. The van der Waals surface area contributed by atoms with Crippen molar-refractivity contribution in [3.05, 3.63) is 66.5 Å². The fourth-order valence-electron chi connectivity index (χ4n) is 3.85. The summed E-state index contributed by atoms with van der Waals surface area (Å²) in [5.41, 5.74) is 3.46. The van der Waals surface area contributed by atoms with Crippen molar-refractivity contribution >= 4 is 27.3 Å². The van der Waals surface area contributed by atoms with Gasteiger partial charge in [0.1, 0.15) is 0 Å². The Labute approximate surface area is 193 Å². The third kappa shape index (κ3) is 6.04. The zero-order chi connectivity index (χ0) is 24.0. The van der Waals surface area contributed by atoms with E-state index < -0.39 is 27.8 Å². The highest BCUT2D eigenvalue weighted by molar-refractivity contribution is 7.92. The summed E-state index contributed by atoms with van der Waals surface area (Å²) in [5.74, 6) is -2.08. The average Bonchev–Trinajstić information content (AvgIpc) is 3.30. The maximum atomic E-state index is 12.2. The number of aromatic nitrogens is 4. The molecule has 2 atom stereocenters. The molecule has 0 radical (unpaired) electrons. The summed E-state index contributed by atoms with van der Waals surface area (Å²) in [6, 6.07) is 14.5. The van der Waals surface area contributed by atoms with Crippen LogP contribution in [0.3, 0.4) is 0 Å². The number of nitrogens with one attached hydrogen (secondary N) is 2. The molecular weight excluding hydrogens is 442 g/mol. The van der Waals surface area contributed by atoms with E-state index in [1.807, 2.05) is 31.2 Å². The van der Waals surface area contributed by atoms with Crippen LogP contribution in [0.1, 0.15) is 43.5 Å². The number of unbranched alkanes of at least 4 members (excludes halogenated alkanes) is 1. The first-order valence-electron chi connectivity index (χ1n) is 10.5. The summed E-state index contributed by atoms with van der Waals surface area (Å²) < 4.78 is 25.4. The molecule has 3 rings (SSSR count). The number of aliphatic carboxylic acids is 1. The molecule has 3 aromatic rings. The lowest BCUT2D eigenvalue weighted by atomic mass is 9.78. The molecule has 0 saturated carbocycles. The molecule has 0 aliphatic carbocycles. The van der Waals surface area contributed by atoms with E-state index in [9.17, 15) is 18.3 Å². The number of anilines is 1. The van der Waals surface area contributed by atoms with Gasteiger partial charge >= 0.3 is 5.97 Å². The van der Waals surface area contributed by atoms with Crippen molar-refractivity contribution in [2.24, 2.45) is 5.92 Å². The van der Waals surface area contributed by atoms with Gasteiger partial charge in [-0.1, -0.05) is 68.0 Å². The van der Waals surface area contributed by atoms with Gasteiger partial charge in [0.25, 0.3) is 0 Å². The molecule has 9 nitrogen and oxygen atoms in total. The standard InChI is InChI=1S/C23H27N5O4S/c1-4-5-8-20(23(29)30)21(22-24-27-28-25-22)15(2)18-9-6-7-10-19(18)16-11-13-17(14-12-16)26-33(3,31)32/h6-7,9-14,20-21,26H,2,4-5,8H2,1,3H3,(H,29,30)(H,24,25,27,28). The van der Waals surface area contributed by atoms with E-state index in [-0.39, 0.29) is 5.82 Å². The van der Waals surface area contributed by atoms with Crippen LogP contribution in [-0.2, 0) is 14.8 Å². The van der Waals surface area contributed by atoms with Crippen LogP contribution < -0.4 is 4.72 Å². The molecule has 0 fully saturated rings. The van der Waals surface area contributed by atoms with Crippen LogP contribution in [0.25, 0.3) is 16.7 Å². The second kappa shape index (κ2) is 10.4. The third-order valence-corrected chi connectivity index (χ3v) is 5.98. The van der Waals surface area contributed by atoms with Crippen LogP contribution in [0.4, 0.5) is 5.69 Å². The maximum Gasteiger partial charge on any atom is 0.307 e. The smallest absolute Gasteiger partial charge is 0.307 e. The molecule has 1 aromatic heterocycles. The molecule has 0 saturated heterocycles.